The molecular weight excluding hydrogens is 252 g/mol. The summed E-state index contributed by atoms with van der Waals surface area (Å²) in [6.07, 6.45) is -4.37. The smallest absolute Gasteiger partial charge is 0.411 e. The Morgan fingerprint density at radius 1 is 1.17 bits per heavy atom. The minimum atomic E-state index is -4.37. The van der Waals surface area contributed by atoms with E-state index in [1.807, 2.05) is 13.8 Å². The summed E-state index contributed by atoms with van der Waals surface area (Å²) in [5.41, 5.74) is 0.369. The Balaban J connectivity index is 0.00000137. The second kappa shape index (κ2) is 7.92. The highest BCUT2D eigenvalue weighted by atomic mass is 19.4. The van der Waals surface area contributed by atoms with E-state index in [0.29, 0.717) is 5.56 Å². The fourth-order valence-corrected chi connectivity index (χ4v) is 1.11. The number of hydrogen-bond acceptors (Lipinski definition) is 2. The number of rotatable bonds is 4. The van der Waals surface area contributed by atoms with Crippen molar-refractivity contribution >= 4 is 0 Å². The molecule has 0 N–H and O–H groups in total. The second-order valence-electron chi connectivity index (χ2n) is 3.06. The number of methoxy groups -OCH3 is 1. The number of ether oxygens (including phenoxy) is 2. The Morgan fingerprint density at radius 2 is 1.78 bits per heavy atom. The molecule has 0 aliphatic heterocycles. The van der Waals surface area contributed by atoms with Crippen LogP contribution in [0, 0.1) is 5.82 Å². The molecule has 0 aliphatic rings. The van der Waals surface area contributed by atoms with Gasteiger partial charge >= 0.3 is 6.18 Å². The molecule has 1 aromatic carbocycles. The highest BCUT2D eigenvalue weighted by Gasteiger charge is 2.27. The summed E-state index contributed by atoms with van der Waals surface area (Å²) in [6, 6.07) is 3.55. The fourth-order valence-electron chi connectivity index (χ4n) is 1.11. The van der Waals surface area contributed by atoms with Crippen molar-refractivity contribution in [3.63, 3.8) is 0 Å². The van der Waals surface area contributed by atoms with Crippen LogP contribution in [0.5, 0.6) is 5.75 Å². The maximum atomic E-state index is 12.7. The SMILES string of the molecule is CC.COc1cc(F)ccc1COCC(F)(F)F. The van der Waals surface area contributed by atoms with Crippen LogP contribution in [-0.2, 0) is 11.3 Å². The Morgan fingerprint density at radius 3 is 2.28 bits per heavy atom. The largest absolute Gasteiger partial charge is 0.496 e. The van der Waals surface area contributed by atoms with Crippen LogP contribution in [-0.4, -0.2) is 19.9 Å². The highest BCUT2D eigenvalue weighted by molar-refractivity contribution is 5.33. The molecule has 0 saturated carbocycles. The number of alkyl halides is 3. The zero-order valence-electron chi connectivity index (χ0n) is 10.5. The van der Waals surface area contributed by atoms with Crippen molar-refractivity contribution in [2.24, 2.45) is 0 Å². The van der Waals surface area contributed by atoms with Crippen molar-refractivity contribution in [3.05, 3.63) is 29.6 Å². The molecule has 18 heavy (non-hydrogen) atoms. The van der Waals surface area contributed by atoms with Gasteiger partial charge in [0.2, 0.25) is 0 Å². The third kappa shape index (κ3) is 6.44. The number of halogens is 4. The summed E-state index contributed by atoms with van der Waals surface area (Å²) in [7, 11) is 1.31. The van der Waals surface area contributed by atoms with Crippen molar-refractivity contribution in [3.8, 4) is 5.75 Å². The highest BCUT2D eigenvalue weighted by Crippen LogP contribution is 2.22. The summed E-state index contributed by atoms with van der Waals surface area (Å²) in [5, 5.41) is 0. The molecule has 0 aliphatic carbocycles. The summed E-state index contributed by atoms with van der Waals surface area (Å²) < 4.78 is 57.4. The molecule has 0 saturated heterocycles. The molecule has 104 valence electrons. The van der Waals surface area contributed by atoms with Crippen LogP contribution in [0.3, 0.4) is 0 Å². The first-order valence-electron chi connectivity index (χ1n) is 5.39. The van der Waals surface area contributed by atoms with Gasteiger partial charge in [-0.3, -0.25) is 0 Å². The van der Waals surface area contributed by atoms with Gasteiger partial charge < -0.3 is 9.47 Å². The molecule has 0 radical (unpaired) electrons. The molecule has 0 aromatic heterocycles. The van der Waals surface area contributed by atoms with E-state index < -0.39 is 18.6 Å². The van der Waals surface area contributed by atoms with Gasteiger partial charge in [-0.25, -0.2) is 4.39 Å². The van der Waals surface area contributed by atoms with Crippen LogP contribution in [0.15, 0.2) is 18.2 Å². The molecule has 1 aromatic rings. The Bertz CT molecular complexity index is 350. The zero-order valence-corrected chi connectivity index (χ0v) is 10.5. The van der Waals surface area contributed by atoms with Gasteiger partial charge in [-0.05, 0) is 6.07 Å². The van der Waals surface area contributed by atoms with Crippen LogP contribution in [0.2, 0.25) is 0 Å². The molecule has 0 fully saturated rings. The minimum Gasteiger partial charge on any atom is -0.496 e. The monoisotopic (exact) mass is 268 g/mol. The maximum Gasteiger partial charge on any atom is 0.411 e. The van der Waals surface area contributed by atoms with Gasteiger partial charge in [0.25, 0.3) is 0 Å². The number of benzene rings is 1. The molecular formula is C12H16F4O2. The third-order valence-corrected chi connectivity index (χ3v) is 1.77. The topological polar surface area (TPSA) is 18.5 Å². The summed E-state index contributed by atoms with van der Waals surface area (Å²) in [6.45, 7) is 2.39. The first-order valence-corrected chi connectivity index (χ1v) is 5.39. The van der Waals surface area contributed by atoms with Gasteiger partial charge in [0, 0.05) is 11.6 Å². The lowest BCUT2D eigenvalue weighted by atomic mass is 10.2. The Kier molecular flexibility index (Phi) is 7.35. The standard InChI is InChI=1S/C10H10F4O2.C2H6/c1-15-9-4-8(11)3-2-7(9)5-16-6-10(12,13)14;1-2/h2-4H,5-6H2,1H3;1-2H3. The van der Waals surface area contributed by atoms with Gasteiger partial charge in [-0.15, -0.1) is 0 Å². The third-order valence-electron chi connectivity index (χ3n) is 1.77. The zero-order chi connectivity index (χ0) is 14.2. The van der Waals surface area contributed by atoms with E-state index >= 15 is 0 Å². The van der Waals surface area contributed by atoms with E-state index in [9.17, 15) is 17.6 Å². The van der Waals surface area contributed by atoms with E-state index in [-0.39, 0.29) is 12.4 Å². The second-order valence-corrected chi connectivity index (χ2v) is 3.06. The Hall–Kier alpha value is -1.30. The van der Waals surface area contributed by atoms with Gasteiger partial charge in [0.05, 0.1) is 13.7 Å². The van der Waals surface area contributed by atoms with Gasteiger partial charge in [-0.1, -0.05) is 19.9 Å². The summed E-state index contributed by atoms with van der Waals surface area (Å²) >= 11 is 0. The lowest BCUT2D eigenvalue weighted by Gasteiger charge is -2.10. The minimum absolute atomic E-state index is 0.169. The molecule has 1 rings (SSSR count). The predicted molar refractivity (Wildman–Crippen MR) is 60.0 cm³/mol. The predicted octanol–water partition coefficient (Wildman–Crippen LogP) is 3.94. The van der Waals surface area contributed by atoms with Crippen molar-refractivity contribution < 1.29 is 27.0 Å². The molecule has 0 bridgehead atoms. The van der Waals surface area contributed by atoms with Crippen LogP contribution in [0.1, 0.15) is 19.4 Å². The quantitative estimate of drug-likeness (QED) is 0.770. The normalized spacial score (nSPS) is 10.6. The average Bonchev–Trinajstić information content (AvgIpc) is 2.32. The first-order chi connectivity index (χ1) is 8.42. The molecule has 6 heteroatoms. The van der Waals surface area contributed by atoms with Crippen LogP contribution in [0.4, 0.5) is 17.6 Å². The fraction of sp³-hybridized carbons (Fsp3) is 0.500. The Labute approximate surface area is 104 Å². The van der Waals surface area contributed by atoms with E-state index in [1.165, 1.54) is 13.2 Å². The lowest BCUT2D eigenvalue weighted by molar-refractivity contribution is -0.176. The van der Waals surface area contributed by atoms with Crippen molar-refractivity contribution in [1.82, 2.24) is 0 Å². The van der Waals surface area contributed by atoms with Crippen LogP contribution in [0.25, 0.3) is 0 Å². The van der Waals surface area contributed by atoms with E-state index in [2.05, 4.69) is 4.74 Å². The molecule has 2 nitrogen and oxygen atoms in total. The van der Waals surface area contributed by atoms with E-state index in [0.717, 1.165) is 12.1 Å². The van der Waals surface area contributed by atoms with Crippen molar-refractivity contribution in [2.75, 3.05) is 13.7 Å². The van der Waals surface area contributed by atoms with Crippen molar-refractivity contribution in [1.29, 1.82) is 0 Å². The van der Waals surface area contributed by atoms with Crippen molar-refractivity contribution in [2.45, 2.75) is 26.6 Å². The number of hydrogen-bond donors (Lipinski definition) is 0. The maximum absolute atomic E-state index is 12.7. The van der Waals surface area contributed by atoms with Gasteiger partial charge in [0.1, 0.15) is 18.2 Å². The van der Waals surface area contributed by atoms with Gasteiger partial charge in [-0.2, -0.15) is 13.2 Å². The first kappa shape index (κ1) is 16.7. The average molecular weight is 268 g/mol. The van der Waals surface area contributed by atoms with E-state index in [1.54, 1.807) is 0 Å². The molecule has 0 amide bonds. The van der Waals surface area contributed by atoms with E-state index in [4.69, 9.17) is 4.74 Å². The lowest BCUT2D eigenvalue weighted by Crippen LogP contribution is -2.16. The molecule has 0 atom stereocenters. The molecule has 0 spiro atoms. The molecule has 0 unspecified atom stereocenters. The summed E-state index contributed by atoms with van der Waals surface area (Å²) in [5.74, 6) is -0.349. The van der Waals surface area contributed by atoms with Gasteiger partial charge in [0.15, 0.2) is 0 Å². The summed E-state index contributed by atoms with van der Waals surface area (Å²) in [4.78, 5) is 0. The van der Waals surface area contributed by atoms with Crippen LogP contribution >= 0.6 is 0 Å². The van der Waals surface area contributed by atoms with Crippen LogP contribution < -0.4 is 4.74 Å². The molecule has 0 heterocycles.